The molecule has 0 aliphatic rings. The average Bonchev–Trinajstić information content (AvgIpc) is 2.26. The Labute approximate surface area is 95.7 Å². The highest BCUT2D eigenvalue weighted by atomic mass is 16.2. The summed E-state index contributed by atoms with van der Waals surface area (Å²) in [4.78, 5) is 15.8. The van der Waals surface area contributed by atoms with Crippen molar-refractivity contribution in [3.8, 4) is 0 Å². The van der Waals surface area contributed by atoms with Crippen LogP contribution in [-0.4, -0.2) is 28.6 Å². The maximum Gasteiger partial charge on any atom is 0.251 e. The molecule has 4 nitrogen and oxygen atoms in total. The van der Waals surface area contributed by atoms with Crippen LogP contribution >= 0.6 is 0 Å². The Morgan fingerprint density at radius 2 is 2.38 bits per heavy atom. The van der Waals surface area contributed by atoms with Gasteiger partial charge >= 0.3 is 0 Å². The van der Waals surface area contributed by atoms with Crippen molar-refractivity contribution in [1.29, 1.82) is 0 Å². The Balaban J connectivity index is 2.52. The Morgan fingerprint density at radius 1 is 1.62 bits per heavy atom. The van der Waals surface area contributed by atoms with Crippen molar-refractivity contribution in [2.75, 3.05) is 6.61 Å². The third kappa shape index (κ3) is 3.98. The Hall–Kier alpha value is -1.42. The lowest BCUT2D eigenvalue weighted by Gasteiger charge is -2.13. The van der Waals surface area contributed by atoms with Crippen molar-refractivity contribution in [1.82, 2.24) is 10.3 Å². The zero-order valence-electron chi connectivity index (χ0n) is 9.73. The van der Waals surface area contributed by atoms with Crippen LogP contribution in [0.1, 0.15) is 35.8 Å². The van der Waals surface area contributed by atoms with E-state index in [4.69, 9.17) is 5.11 Å². The lowest BCUT2D eigenvalue weighted by Crippen LogP contribution is -2.32. The SMILES string of the molecule is Cc1cc(C(=O)NC(C)CCCO)ccn1. The molecule has 1 atom stereocenters. The molecule has 0 aromatic carbocycles. The Bertz CT molecular complexity index is 353. The zero-order chi connectivity index (χ0) is 12.0. The normalized spacial score (nSPS) is 12.2. The minimum absolute atomic E-state index is 0.0770. The van der Waals surface area contributed by atoms with Crippen LogP contribution in [0.3, 0.4) is 0 Å². The number of nitrogens with zero attached hydrogens (tertiary/aromatic N) is 1. The van der Waals surface area contributed by atoms with Crippen molar-refractivity contribution in [3.63, 3.8) is 0 Å². The molecule has 1 heterocycles. The topological polar surface area (TPSA) is 62.2 Å². The standard InChI is InChI=1S/C12H18N2O2/c1-9(4-3-7-15)14-12(16)11-5-6-13-10(2)8-11/h5-6,8-9,15H,3-4,7H2,1-2H3,(H,14,16). The van der Waals surface area contributed by atoms with E-state index >= 15 is 0 Å². The van der Waals surface area contributed by atoms with E-state index in [0.717, 1.165) is 12.1 Å². The van der Waals surface area contributed by atoms with E-state index in [1.807, 2.05) is 13.8 Å². The van der Waals surface area contributed by atoms with Gasteiger partial charge in [-0.15, -0.1) is 0 Å². The monoisotopic (exact) mass is 222 g/mol. The van der Waals surface area contributed by atoms with Crippen LogP contribution in [0.2, 0.25) is 0 Å². The van der Waals surface area contributed by atoms with Gasteiger partial charge in [-0.3, -0.25) is 9.78 Å². The van der Waals surface area contributed by atoms with Crippen LogP contribution in [0.15, 0.2) is 18.3 Å². The third-order valence-corrected chi connectivity index (χ3v) is 2.33. The summed E-state index contributed by atoms with van der Waals surface area (Å²) in [6.45, 7) is 3.95. The number of aromatic nitrogens is 1. The molecule has 0 radical (unpaired) electrons. The van der Waals surface area contributed by atoms with Gasteiger partial charge in [0.25, 0.3) is 5.91 Å². The van der Waals surface area contributed by atoms with Crippen molar-refractivity contribution < 1.29 is 9.90 Å². The quantitative estimate of drug-likeness (QED) is 0.789. The van der Waals surface area contributed by atoms with Crippen LogP contribution in [0.25, 0.3) is 0 Å². The van der Waals surface area contributed by atoms with Crippen LogP contribution in [0.5, 0.6) is 0 Å². The second-order valence-electron chi connectivity index (χ2n) is 3.93. The van der Waals surface area contributed by atoms with Gasteiger partial charge in [0.05, 0.1) is 0 Å². The van der Waals surface area contributed by atoms with Crippen molar-refractivity contribution in [2.24, 2.45) is 0 Å². The number of nitrogens with one attached hydrogen (secondary N) is 1. The largest absolute Gasteiger partial charge is 0.396 e. The van der Waals surface area contributed by atoms with Gasteiger partial charge in [0.1, 0.15) is 0 Å². The van der Waals surface area contributed by atoms with Gasteiger partial charge in [0.15, 0.2) is 0 Å². The highest BCUT2D eigenvalue weighted by molar-refractivity contribution is 5.94. The van der Waals surface area contributed by atoms with Gasteiger partial charge < -0.3 is 10.4 Å². The summed E-state index contributed by atoms with van der Waals surface area (Å²) in [6.07, 6.45) is 3.12. The molecule has 1 amide bonds. The Morgan fingerprint density at radius 3 is 3.00 bits per heavy atom. The average molecular weight is 222 g/mol. The van der Waals surface area contributed by atoms with Crippen LogP contribution in [0, 0.1) is 6.92 Å². The fourth-order valence-electron chi connectivity index (χ4n) is 1.46. The molecule has 4 heteroatoms. The minimum atomic E-state index is -0.0871. The zero-order valence-corrected chi connectivity index (χ0v) is 9.73. The highest BCUT2D eigenvalue weighted by Crippen LogP contribution is 2.02. The van der Waals surface area contributed by atoms with Gasteiger partial charge in [-0.1, -0.05) is 0 Å². The van der Waals surface area contributed by atoms with Crippen molar-refractivity contribution >= 4 is 5.91 Å². The smallest absolute Gasteiger partial charge is 0.251 e. The first-order chi connectivity index (χ1) is 7.63. The fourth-order valence-corrected chi connectivity index (χ4v) is 1.46. The van der Waals surface area contributed by atoms with E-state index in [9.17, 15) is 4.79 Å². The van der Waals surface area contributed by atoms with Crippen molar-refractivity contribution in [3.05, 3.63) is 29.6 Å². The number of carbonyl (C=O) groups excluding carboxylic acids is 1. The van der Waals surface area contributed by atoms with Gasteiger partial charge in [-0.25, -0.2) is 0 Å². The number of hydrogen-bond acceptors (Lipinski definition) is 3. The molecule has 0 aliphatic carbocycles. The van der Waals surface area contributed by atoms with E-state index < -0.39 is 0 Å². The summed E-state index contributed by atoms with van der Waals surface area (Å²) < 4.78 is 0. The molecule has 1 unspecified atom stereocenters. The van der Waals surface area contributed by atoms with Gasteiger partial charge in [0, 0.05) is 30.1 Å². The lowest BCUT2D eigenvalue weighted by molar-refractivity contribution is 0.0936. The number of amides is 1. The summed E-state index contributed by atoms with van der Waals surface area (Å²) in [6, 6.07) is 3.53. The van der Waals surface area contributed by atoms with Crippen molar-refractivity contribution in [2.45, 2.75) is 32.7 Å². The van der Waals surface area contributed by atoms with Crippen LogP contribution < -0.4 is 5.32 Å². The second-order valence-corrected chi connectivity index (χ2v) is 3.93. The first-order valence-electron chi connectivity index (χ1n) is 5.48. The molecule has 0 saturated heterocycles. The summed E-state index contributed by atoms with van der Waals surface area (Å²) in [5.41, 5.74) is 1.46. The van der Waals surface area contributed by atoms with E-state index in [2.05, 4.69) is 10.3 Å². The summed E-state index contributed by atoms with van der Waals surface area (Å²) in [7, 11) is 0. The number of pyridine rings is 1. The molecule has 0 aliphatic heterocycles. The first-order valence-corrected chi connectivity index (χ1v) is 5.48. The number of hydrogen-bond donors (Lipinski definition) is 2. The number of carbonyl (C=O) groups is 1. The minimum Gasteiger partial charge on any atom is -0.396 e. The molecule has 2 N–H and O–H groups in total. The third-order valence-electron chi connectivity index (χ3n) is 2.33. The molecule has 0 fully saturated rings. The number of aryl methyl sites for hydroxylation is 1. The molecular formula is C12H18N2O2. The molecule has 1 rings (SSSR count). The second kappa shape index (κ2) is 6.23. The number of aliphatic hydroxyl groups is 1. The van der Waals surface area contributed by atoms with E-state index in [-0.39, 0.29) is 18.6 Å². The van der Waals surface area contributed by atoms with Gasteiger partial charge in [-0.05, 0) is 38.8 Å². The molecule has 1 aromatic rings. The van der Waals surface area contributed by atoms with Gasteiger partial charge in [0.2, 0.25) is 0 Å². The predicted octanol–water partition coefficient (Wildman–Crippen LogP) is 1.28. The maximum absolute atomic E-state index is 11.8. The predicted molar refractivity (Wildman–Crippen MR) is 62.2 cm³/mol. The molecule has 0 saturated carbocycles. The Kier molecular flexibility index (Phi) is 4.92. The van der Waals surface area contributed by atoms with Gasteiger partial charge in [-0.2, -0.15) is 0 Å². The molecule has 1 aromatic heterocycles. The van der Waals surface area contributed by atoms with Crippen LogP contribution in [-0.2, 0) is 0 Å². The molecule has 88 valence electrons. The molecule has 16 heavy (non-hydrogen) atoms. The first kappa shape index (κ1) is 12.6. The highest BCUT2D eigenvalue weighted by Gasteiger charge is 2.09. The van der Waals surface area contributed by atoms with E-state index in [1.165, 1.54) is 0 Å². The van der Waals surface area contributed by atoms with Crippen LogP contribution in [0.4, 0.5) is 0 Å². The van der Waals surface area contributed by atoms with E-state index in [0.29, 0.717) is 12.0 Å². The van der Waals surface area contributed by atoms with E-state index in [1.54, 1.807) is 18.3 Å². The number of aliphatic hydroxyl groups excluding tert-OH is 1. The molecule has 0 spiro atoms. The summed E-state index contributed by atoms with van der Waals surface area (Å²) >= 11 is 0. The maximum atomic E-state index is 11.8. The lowest BCUT2D eigenvalue weighted by atomic mass is 10.1. The summed E-state index contributed by atoms with van der Waals surface area (Å²) in [5, 5.41) is 11.6. The number of rotatable bonds is 5. The molecular weight excluding hydrogens is 204 g/mol. The fraction of sp³-hybridized carbons (Fsp3) is 0.500. The molecule has 0 bridgehead atoms. The summed E-state index contributed by atoms with van der Waals surface area (Å²) in [5.74, 6) is -0.0871.